The maximum atomic E-state index is 2.41. The van der Waals surface area contributed by atoms with Crippen molar-refractivity contribution in [3.05, 3.63) is 139 Å². The van der Waals surface area contributed by atoms with Gasteiger partial charge in [0.2, 0.25) is 0 Å². The lowest BCUT2D eigenvalue weighted by molar-refractivity contribution is 1.52. The van der Waals surface area contributed by atoms with Crippen molar-refractivity contribution in [3.8, 4) is 22.3 Å². The van der Waals surface area contributed by atoms with Crippen LogP contribution >= 0.6 is 11.3 Å². The van der Waals surface area contributed by atoms with Gasteiger partial charge in [0.1, 0.15) is 0 Å². The maximum absolute atomic E-state index is 2.41. The fourth-order valence-corrected chi connectivity index (χ4v) is 7.83. The Hall–Kier alpha value is -4.72. The highest BCUT2D eigenvalue weighted by atomic mass is 32.1. The minimum atomic E-state index is 1.24. The lowest BCUT2D eigenvalue weighted by Gasteiger charge is -2.15. The van der Waals surface area contributed by atoms with Gasteiger partial charge in [-0.2, -0.15) is 0 Å². The van der Waals surface area contributed by atoms with Crippen molar-refractivity contribution in [2.24, 2.45) is 0 Å². The third kappa shape index (κ3) is 3.74. The summed E-state index contributed by atoms with van der Waals surface area (Å²) in [5.74, 6) is 0. The third-order valence-corrected chi connectivity index (χ3v) is 9.78. The Morgan fingerprint density at radius 1 is 0.488 bits per heavy atom. The molecule has 0 amide bonds. The number of allylic oxidation sites excluding steroid dienone is 1. The van der Waals surface area contributed by atoms with Crippen LogP contribution in [0.2, 0.25) is 0 Å². The van der Waals surface area contributed by atoms with Crippen LogP contribution in [0.25, 0.3) is 80.8 Å². The monoisotopic (exact) mass is 540 g/mol. The van der Waals surface area contributed by atoms with Gasteiger partial charge in [0.15, 0.2) is 0 Å². The van der Waals surface area contributed by atoms with Crippen LogP contribution in [0.3, 0.4) is 0 Å². The Bertz CT molecular complexity index is 2330. The van der Waals surface area contributed by atoms with Gasteiger partial charge in [0.05, 0.1) is 0 Å². The van der Waals surface area contributed by atoms with Crippen molar-refractivity contribution in [1.82, 2.24) is 0 Å². The molecule has 0 bridgehead atoms. The second kappa shape index (κ2) is 9.44. The van der Waals surface area contributed by atoms with Crippen molar-refractivity contribution < 1.29 is 0 Å². The summed E-state index contributed by atoms with van der Waals surface area (Å²) in [4.78, 5) is 0. The average Bonchev–Trinajstić information content (AvgIpc) is 3.41. The van der Waals surface area contributed by atoms with Crippen LogP contribution in [-0.2, 0) is 0 Å². The number of aryl methyl sites for hydroxylation is 1. The zero-order valence-electron chi connectivity index (χ0n) is 23.1. The molecule has 194 valence electrons. The Morgan fingerprint density at radius 2 is 1.17 bits per heavy atom. The van der Waals surface area contributed by atoms with Gasteiger partial charge < -0.3 is 0 Å². The summed E-state index contributed by atoms with van der Waals surface area (Å²) in [6.45, 7) is 4.34. The Labute approximate surface area is 243 Å². The second-order valence-electron chi connectivity index (χ2n) is 10.9. The molecule has 0 fully saturated rings. The zero-order valence-corrected chi connectivity index (χ0v) is 23.9. The van der Waals surface area contributed by atoms with E-state index < -0.39 is 0 Å². The fourth-order valence-electron chi connectivity index (χ4n) is 6.61. The molecule has 1 heteroatoms. The quantitative estimate of drug-likeness (QED) is 0.196. The zero-order chi connectivity index (χ0) is 27.5. The van der Waals surface area contributed by atoms with E-state index in [2.05, 4.69) is 147 Å². The fraction of sp³-hybridized carbons (Fsp3) is 0.0500. The number of thiophene rings is 1. The minimum Gasteiger partial charge on any atom is -0.135 e. The highest BCUT2D eigenvalue weighted by Crippen LogP contribution is 2.43. The van der Waals surface area contributed by atoms with Crippen LogP contribution < -0.4 is 0 Å². The standard InChI is InChI=1S/C40H28S/c1-3-11-29-25(2)30-21-20-27(23-37(30)32-15-5-4-14-31(29)32)26-12-10-13-28(22-26)36-24-38-34-17-8-9-19-39(34)41-40(38)35-18-7-6-16-33(35)36/h3-24H,1-2H3. The molecular formula is C40H28S. The first-order valence-electron chi connectivity index (χ1n) is 14.2. The van der Waals surface area contributed by atoms with Crippen molar-refractivity contribution in [1.29, 1.82) is 0 Å². The molecule has 1 aromatic heterocycles. The lowest BCUT2D eigenvalue weighted by Crippen LogP contribution is -1.90. The molecule has 7 aromatic carbocycles. The van der Waals surface area contributed by atoms with Crippen LogP contribution in [0.5, 0.6) is 0 Å². The summed E-state index contributed by atoms with van der Waals surface area (Å²) in [5.41, 5.74) is 7.67. The molecule has 0 aliphatic heterocycles. The van der Waals surface area contributed by atoms with E-state index in [9.17, 15) is 0 Å². The van der Waals surface area contributed by atoms with Crippen molar-refractivity contribution in [3.63, 3.8) is 0 Å². The summed E-state index contributed by atoms with van der Waals surface area (Å²) in [6.07, 6.45) is 4.38. The van der Waals surface area contributed by atoms with E-state index in [1.807, 2.05) is 11.3 Å². The van der Waals surface area contributed by atoms with E-state index in [4.69, 9.17) is 0 Å². The number of hydrogen-bond donors (Lipinski definition) is 0. The first-order chi connectivity index (χ1) is 20.2. The first kappa shape index (κ1) is 24.1. The van der Waals surface area contributed by atoms with Crippen LogP contribution in [0, 0.1) is 6.92 Å². The number of rotatable bonds is 3. The molecule has 0 aliphatic rings. The molecule has 0 radical (unpaired) electrons. The van der Waals surface area contributed by atoms with E-state index in [1.165, 1.54) is 85.9 Å². The van der Waals surface area contributed by atoms with Gasteiger partial charge in [-0.15, -0.1) is 11.3 Å². The summed E-state index contributed by atoms with van der Waals surface area (Å²) in [7, 11) is 0. The Balaban J connectivity index is 1.35. The van der Waals surface area contributed by atoms with E-state index in [1.54, 1.807) is 0 Å². The van der Waals surface area contributed by atoms with Gasteiger partial charge in [0.25, 0.3) is 0 Å². The van der Waals surface area contributed by atoms with Gasteiger partial charge in [-0.1, -0.05) is 109 Å². The first-order valence-corrected chi connectivity index (χ1v) is 15.0. The smallest absolute Gasteiger partial charge is 0.0434 e. The molecule has 41 heavy (non-hydrogen) atoms. The summed E-state index contributed by atoms with van der Waals surface area (Å²) >= 11 is 1.90. The van der Waals surface area contributed by atoms with Crippen molar-refractivity contribution >= 4 is 69.9 Å². The van der Waals surface area contributed by atoms with E-state index >= 15 is 0 Å². The second-order valence-corrected chi connectivity index (χ2v) is 11.9. The third-order valence-electron chi connectivity index (χ3n) is 8.56. The number of fused-ring (bicyclic) bond motifs is 8. The lowest BCUT2D eigenvalue weighted by atomic mass is 9.89. The highest BCUT2D eigenvalue weighted by molar-refractivity contribution is 7.26. The Morgan fingerprint density at radius 3 is 2.00 bits per heavy atom. The van der Waals surface area contributed by atoms with Gasteiger partial charge in [0, 0.05) is 25.6 Å². The van der Waals surface area contributed by atoms with Crippen LogP contribution in [-0.4, -0.2) is 0 Å². The van der Waals surface area contributed by atoms with Crippen LogP contribution in [0.1, 0.15) is 18.1 Å². The molecule has 0 unspecified atom stereocenters. The normalized spacial score (nSPS) is 12.0. The highest BCUT2D eigenvalue weighted by Gasteiger charge is 2.15. The topological polar surface area (TPSA) is 0 Å². The molecule has 0 nitrogen and oxygen atoms in total. The minimum absolute atomic E-state index is 1.24. The van der Waals surface area contributed by atoms with Gasteiger partial charge in [-0.05, 0) is 98.4 Å². The predicted octanol–water partition coefficient (Wildman–Crippen LogP) is 12.2. The largest absolute Gasteiger partial charge is 0.135 e. The van der Waals surface area contributed by atoms with Crippen LogP contribution in [0.4, 0.5) is 0 Å². The molecule has 0 spiro atoms. The summed E-state index contributed by atoms with van der Waals surface area (Å²) in [5, 5.41) is 10.6. The summed E-state index contributed by atoms with van der Waals surface area (Å²) < 4.78 is 2.71. The molecule has 0 atom stereocenters. The SMILES string of the molecule is CC=Cc1c(C)c2ccc(-c3cccc(-c4cc5c6ccccc6sc5c5ccccc45)c3)cc2c2ccccc12. The molecule has 1 heterocycles. The summed E-state index contributed by atoms with van der Waals surface area (Å²) in [6, 6.07) is 44.9. The van der Waals surface area contributed by atoms with E-state index in [-0.39, 0.29) is 0 Å². The molecule has 0 saturated carbocycles. The number of benzene rings is 7. The van der Waals surface area contributed by atoms with Gasteiger partial charge in [-0.3, -0.25) is 0 Å². The van der Waals surface area contributed by atoms with Gasteiger partial charge in [-0.25, -0.2) is 0 Å². The predicted molar refractivity (Wildman–Crippen MR) is 182 cm³/mol. The average molecular weight is 541 g/mol. The molecule has 0 N–H and O–H groups in total. The van der Waals surface area contributed by atoms with E-state index in [0.29, 0.717) is 0 Å². The van der Waals surface area contributed by atoms with E-state index in [0.717, 1.165) is 0 Å². The van der Waals surface area contributed by atoms with Crippen LogP contribution in [0.15, 0.2) is 127 Å². The maximum Gasteiger partial charge on any atom is 0.0434 e. The molecule has 8 rings (SSSR count). The number of hydrogen-bond acceptors (Lipinski definition) is 1. The molecule has 0 aliphatic carbocycles. The van der Waals surface area contributed by atoms with Crippen molar-refractivity contribution in [2.75, 3.05) is 0 Å². The van der Waals surface area contributed by atoms with Crippen molar-refractivity contribution in [2.45, 2.75) is 13.8 Å². The Kier molecular flexibility index (Phi) is 5.55. The van der Waals surface area contributed by atoms with Gasteiger partial charge >= 0.3 is 0 Å². The molecule has 8 aromatic rings. The molecule has 0 saturated heterocycles. The molecular weight excluding hydrogens is 513 g/mol.